The maximum Gasteiger partial charge on any atom is 0.0575 e. The zero-order chi connectivity index (χ0) is 9.94. The Morgan fingerprint density at radius 1 is 1.08 bits per heavy atom. The lowest BCUT2D eigenvalue weighted by molar-refractivity contribution is 0.0477. The van der Waals surface area contributed by atoms with Crippen molar-refractivity contribution in [3.8, 4) is 0 Å². The minimum absolute atomic E-state index is 0.498. The molecule has 0 bridgehead atoms. The van der Waals surface area contributed by atoms with Gasteiger partial charge in [0.25, 0.3) is 0 Å². The summed E-state index contributed by atoms with van der Waals surface area (Å²) in [5, 5.41) is 0. The monoisotopic (exact) mass is 185 g/mol. The fourth-order valence-electron chi connectivity index (χ4n) is 1.54. The molecule has 0 aromatic rings. The van der Waals surface area contributed by atoms with Gasteiger partial charge in [0.2, 0.25) is 0 Å². The molecule has 0 amide bonds. The number of ether oxygens (including phenoxy) is 1. The Bertz CT molecular complexity index is 91.1. The molecular weight excluding hydrogens is 160 g/mol. The third-order valence-electron chi connectivity index (χ3n) is 2.31. The Morgan fingerprint density at radius 2 is 1.77 bits per heavy atom. The van der Waals surface area contributed by atoms with Gasteiger partial charge in [-0.15, -0.1) is 0 Å². The van der Waals surface area contributed by atoms with Gasteiger partial charge in [0, 0.05) is 6.61 Å². The van der Waals surface area contributed by atoms with Gasteiger partial charge in [-0.3, -0.25) is 0 Å². The summed E-state index contributed by atoms with van der Waals surface area (Å²) >= 11 is 0. The van der Waals surface area contributed by atoms with Gasteiger partial charge in [0.15, 0.2) is 0 Å². The fraction of sp³-hybridized carbons (Fsp3) is 0.917. The molecular formula is C12H25O. The molecule has 0 aromatic heterocycles. The predicted molar refractivity (Wildman–Crippen MR) is 58.8 cm³/mol. The van der Waals surface area contributed by atoms with E-state index in [1.807, 2.05) is 0 Å². The smallest absolute Gasteiger partial charge is 0.0575 e. The van der Waals surface area contributed by atoms with Crippen LogP contribution in [0.2, 0.25) is 0 Å². The highest BCUT2D eigenvalue weighted by Gasteiger charge is 2.06. The van der Waals surface area contributed by atoms with E-state index in [0.29, 0.717) is 6.10 Å². The molecule has 0 saturated heterocycles. The minimum atomic E-state index is 0.498. The largest absolute Gasteiger partial charge is 0.379 e. The van der Waals surface area contributed by atoms with Crippen molar-refractivity contribution in [3.63, 3.8) is 0 Å². The van der Waals surface area contributed by atoms with Crippen LogP contribution in [0.1, 0.15) is 58.8 Å². The molecule has 0 saturated carbocycles. The van der Waals surface area contributed by atoms with Crippen molar-refractivity contribution in [1.29, 1.82) is 0 Å². The molecule has 0 spiro atoms. The molecule has 1 heteroatoms. The van der Waals surface area contributed by atoms with E-state index in [1.165, 1.54) is 38.5 Å². The van der Waals surface area contributed by atoms with E-state index < -0.39 is 0 Å². The van der Waals surface area contributed by atoms with E-state index >= 15 is 0 Å². The van der Waals surface area contributed by atoms with Gasteiger partial charge >= 0.3 is 0 Å². The van der Waals surface area contributed by atoms with Crippen LogP contribution in [0.15, 0.2) is 0 Å². The SMILES string of the molecule is [CH2]CCCC(CCCCC)OCC. The molecule has 0 N–H and O–H groups in total. The summed E-state index contributed by atoms with van der Waals surface area (Å²) in [5.41, 5.74) is 0. The second kappa shape index (κ2) is 10.0. The van der Waals surface area contributed by atoms with E-state index in [0.717, 1.165) is 13.0 Å². The number of hydrogen-bond donors (Lipinski definition) is 0. The molecule has 0 heterocycles. The first-order valence-corrected chi connectivity index (χ1v) is 5.76. The normalized spacial score (nSPS) is 13.2. The van der Waals surface area contributed by atoms with Crippen LogP contribution in [0, 0.1) is 6.92 Å². The summed E-state index contributed by atoms with van der Waals surface area (Å²) in [4.78, 5) is 0. The lowest BCUT2D eigenvalue weighted by atomic mass is 10.1. The molecule has 1 atom stereocenters. The van der Waals surface area contributed by atoms with Crippen molar-refractivity contribution in [2.75, 3.05) is 6.61 Å². The average Bonchev–Trinajstić information content (AvgIpc) is 2.14. The van der Waals surface area contributed by atoms with Crippen LogP contribution in [-0.4, -0.2) is 12.7 Å². The van der Waals surface area contributed by atoms with Crippen LogP contribution in [0.4, 0.5) is 0 Å². The van der Waals surface area contributed by atoms with Crippen molar-refractivity contribution in [2.24, 2.45) is 0 Å². The van der Waals surface area contributed by atoms with E-state index in [1.54, 1.807) is 0 Å². The third-order valence-corrected chi connectivity index (χ3v) is 2.31. The topological polar surface area (TPSA) is 9.23 Å². The first-order chi connectivity index (χ1) is 6.35. The highest BCUT2D eigenvalue weighted by atomic mass is 16.5. The lowest BCUT2D eigenvalue weighted by Crippen LogP contribution is -2.12. The van der Waals surface area contributed by atoms with E-state index in [9.17, 15) is 0 Å². The first kappa shape index (κ1) is 13.0. The summed E-state index contributed by atoms with van der Waals surface area (Å²) < 4.78 is 5.66. The quantitative estimate of drug-likeness (QED) is 0.494. The predicted octanol–water partition coefficient (Wildman–Crippen LogP) is 3.98. The van der Waals surface area contributed by atoms with Crippen LogP contribution in [0.25, 0.3) is 0 Å². The summed E-state index contributed by atoms with van der Waals surface area (Å²) in [6.45, 7) is 9.04. The van der Waals surface area contributed by atoms with Crippen molar-refractivity contribution in [2.45, 2.75) is 64.9 Å². The van der Waals surface area contributed by atoms with Gasteiger partial charge in [-0.05, 0) is 19.8 Å². The summed E-state index contributed by atoms with van der Waals surface area (Å²) in [6, 6.07) is 0. The standard InChI is InChI=1S/C12H25O/c1-4-7-9-11-12(13-6-3)10-8-5-2/h12H,2,4-11H2,1,3H3. The zero-order valence-corrected chi connectivity index (χ0v) is 9.35. The number of unbranched alkanes of at least 4 members (excludes halogenated alkanes) is 3. The van der Waals surface area contributed by atoms with Crippen LogP contribution in [-0.2, 0) is 4.74 Å². The van der Waals surface area contributed by atoms with Gasteiger partial charge in [-0.1, -0.05) is 46.0 Å². The van der Waals surface area contributed by atoms with Crippen molar-refractivity contribution < 1.29 is 4.74 Å². The van der Waals surface area contributed by atoms with Crippen molar-refractivity contribution in [1.82, 2.24) is 0 Å². The Hall–Kier alpha value is -0.0400. The number of rotatable bonds is 9. The first-order valence-electron chi connectivity index (χ1n) is 5.76. The van der Waals surface area contributed by atoms with Gasteiger partial charge in [-0.2, -0.15) is 0 Å². The van der Waals surface area contributed by atoms with Gasteiger partial charge < -0.3 is 4.74 Å². The molecule has 0 aliphatic heterocycles. The Labute approximate surface area is 83.9 Å². The summed E-state index contributed by atoms with van der Waals surface area (Å²) in [6.07, 6.45) is 9.13. The maximum atomic E-state index is 5.66. The van der Waals surface area contributed by atoms with Crippen LogP contribution >= 0.6 is 0 Å². The molecule has 0 aliphatic carbocycles. The van der Waals surface area contributed by atoms with Crippen LogP contribution in [0.3, 0.4) is 0 Å². The molecule has 0 rings (SSSR count). The van der Waals surface area contributed by atoms with Crippen molar-refractivity contribution in [3.05, 3.63) is 6.92 Å². The molecule has 13 heavy (non-hydrogen) atoms. The molecule has 0 fully saturated rings. The van der Waals surface area contributed by atoms with Gasteiger partial charge in [0.05, 0.1) is 6.10 Å². The Kier molecular flexibility index (Phi) is 10.0. The maximum absolute atomic E-state index is 5.66. The second-order valence-corrected chi connectivity index (χ2v) is 3.57. The van der Waals surface area contributed by atoms with E-state index in [4.69, 9.17) is 4.74 Å². The molecule has 0 aromatic carbocycles. The van der Waals surface area contributed by atoms with E-state index in [2.05, 4.69) is 20.8 Å². The fourth-order valence-corrected chi connectivity index (χ4v) is 1.54. The van der Waals surface area contributed by atoms with Crippen LogP contribution < -0.4 is 0 Å². The number of hydrogen-bond acceptors (Lipinski definition) is 1. The molecule has 1 radical (unpaired) electrons. The summed E-state index contributed by atoms with van der Waals surface area (Å²) in [7, 11) is 0. The zero-order valence-electron chi connectivity index (χ0n) is 9.35. The van der Waals surface area contributed by atoms with Gasteiger partial charge in [-0.25, -0.2) is 0 Å². The molecule has 1 nitrogen and oxygen atoms in total. The summed E-state index contributed by atoms with van der Waals surface area (Å²) in [5.74, 6) is 0. The van der Waals surface area contributed by atoms with Crippen LogP contribution in [0.5, 0.6) is 0 Å². The molecule has 1 unspecified atom stereocenters. The Morgan fingerprint density at radius 3 is 2.31 bits per heavy atom. The average molecular weight is 185 g/mol. The Balaban J connectivity index is 3.41. The lowest BCUT2D eigenvalue weighted by Gasteiger charge is -2.16. The highest BCUT2D eigenvalue weighted by molar-refractivity contribution is 4.59. The minimum Gasteiger partial charge on any atom is -0.379 e. The highest BCUT2D eigenvalue weighted by Crippen LogP contribution is 2.12. The molecule has 79 valence electrons. The third kappa shape index (κ3) is 8.29. The van der Waals surface area contributed by atoms with Crippen molar-refractivity contribution >= 4 is 0 Å². The van der Waals surface area contributed by atoms with E-state index in [-0.39, 0.29) is 0 Å². The molecule has 0 aliphatic rings. The van der Waals surface area contributed by atoms with Gasteiger partial charge in [0.1, 0.15) is 0 Å². The second-order valence-electron chi connectivity index (χ2n) is 3.57.